The maximum absolute atomic E-state index is 14.7. The first-order chi connectivity index (χ1) is 14.6. The number of halogens is 3. The minimum Gasteiger partial charge on any atom is -0.370 e. The number of hydrogen-bond donors (Lipinski definition) is 1. The van der Waals surface area contributed by atoms with Crippen LogP contribution in [0, 0.1) is 11.6 Å². The van der Waals surface area contributed by atoms with Crippen LogP contribution >= 0.6 is 22.9 Å². The molecule has 1 unspecified atom stereocenters. The summed E-state index contributed by atoms with van der Waals surface area (Å²) in [4.78, 5) is 15.6. The number of rotatable bonds is 8. The van der Waals surface area contributed by atoms with Crippen molar-refractivity contribution in [2.75, 3.05) is 4.31 Å². The van der Waals surface area contributed by atoms with Crippen LogP contribution in [0.15, 0.2) is 53.6 Å². The molecule has 0 aliphatic carbocycles. The Morgan fingerprint density at radius 3 is 2.55 bits per heavy atom. The van der Waals surface area contributed by atoms with E-state index in [0.717, 1.165) is 22.5 Å². The number of amides is 1. The zero-order valence-corrected chi connectivity index (χ0v) is 18.6. The number of nitrogens with two attached hydrogens (primary N) is 1. The van der Waals surface area contributed by atoms with E-state index < -0.39 is 39.3 Å². The van der Waals surface area contributed by atoms with Gasteiger partial charge in [-0.3, -0.25) is 9.10 Å². The van der Waals surface area contributed by atoms with Crippen LogP contribution in [0.2, 0.25) is 5.02 Å². The molecule has 2 aromatic carbocycles. The number of carbonyl (C=O) groups excluding carboxylic acids is 1. The molecule has 0 fully saturated rings. The van der Waals surface area contributed by atoms with Crippen molar-refractivity contribution in [2.24, 2.45) is 5.73 Å². The fourth-order valence-electron chi connectivity index (χ4n) is 2.90. The van der Waals surface area contributed by atoms with Gasteiger partial charge in [0.25, 0.3) is 10.0 Å². The van der Waals surface area contributed by atoms with Gasteiger partial charge in [-0.25, -0.2) is 22.2 Å². The summed E-state index contributed by atoms with van der Waals surface area (Å²) in [5, 5.41) is 0.904. The summed E-state index contributed by atoms with van der Waals surface area (Å²) in [6.45, 7) is 1.54. The largest absolute Gasteiger partial charge is 0.370 e. The van der Waals surface area contributed by atoms with Crippen molar-refractivity contribution in [1.82, 2.24) is 4.98 Å². The molecule has 31 heavy (non-hydrogen) atoms. The van der Waals surface area contributed by atoms with Gasteiger partial charge in [0, 0.05) is 35.0 Å². The maximum atomic E-state index is 14.7. The molecular formula is C20H18ClF2N3O3S2. The molecule has 0 saturated carbocycles. The van der Waals surface area contributed by atoms with Crippen LogP contribution < -0.4 is 10.0 Å². The zero-order chi connectivity index (χ0) is 22.8. The average Bonchev–Trinajstić information content (AvgIpc) is 3.18. The second-order valence-electron chi connectivity index (χ2n) is 6.65. The van der Waals surface area contributed by atoms with E-state index in [4.69, 9.17) is 17.3 Å². The number of hydrogen-bond acceptors (Lipinski definition) is 5. The Bertz CT molecular complexity index is 1200. The highest BCUT2D eigenvalue weighted by Gasteiger charge is 2.33. The lowest BCUT2D eigenvalue weighted by atomic mass is 10.2. The van der Waals surface area contributed by atoms with Gasteiger partial charge in [0.2, 0.25) is 5.91 Å². The number of thiazole rings is 1. The predicted molar refractivity (Wildman–Crippen MR) is 116 cm³/mol. The Labute approximate surface area is 187 Å². The van der Waals surface area contributed by atoms with E-state index in [-0.39, 0.29) is 11.3 Å². The van der Waals surface area contributed by atoms with Crippen LogP contribution in [0.4, 0.5) is 14.5 Å². The van der Waals surface area contributed by atoms with E-state index in [1.54, 1.807) is 6.92 Å². The standard InChI is InChI=1S/C20H18ClF2N3O3S2/c1-12(18-11-25-20(30-18)9-8-19(24)27)26(17-10-14(22)4-7-16(17)23)31(28,29)15-5-2-13(21)3-6-15/h2-7,10-12H,8-9H2,1H3,(H2,24,27). The van der Waals surface area contributed by atoms with Gasteiger partial charge in [-0.15, -0.1) is 11.3 Å². The Morgan fingerprint density at radius 1 is 1.23 bits per heavy atom. The van der Waals surface area contributed by atoms with E-state index in [9.17, 15) is 22.0 Å². The van der Waals surface area contributed by atoms with Crippen LogP contribution in [0.5, 0.6) is 0 Å². The molecule has 2 N–H and O–H groups in total. The van der Waals surface area contributed by atoms with Crippen LogP contribution in [0.25, 0.3) is 0 Å². The Balaban J connectivity index is 2.09. The van der Waals surface area contributed by atoms with Crippen molar-refractivity contribution in [3.05, 3.63) is 75.2 Å². The van der Waals surface area contributed by atoms with Gasteiger partial charge < -0.3 is 5.73 Å². The monoisotopic (exact) mass is 485 g/mol. The van der Waals surface area contributed by atoms with E-state index in [0.29, 0.717) is 21.3 Å². The normalized spacial score (nSPS) is 12.5. The molecule has 0 aliphatic rings. The number of benzene rings is 2. The molecular weight excluding hydrogens is 468 g/mol. The van der Waals surface area contributed by atoms with Gasteiger partial charge in [-0.2, -0.15) is 0 Å². The predicted octanol–water partition coefficient (Wildman–Crippen LogP) is 4.45. The molecule has 0 spiro atoms. The number of aromatic nitrogens is 1. The summed E-state index contributed by atoms with van der Waals surface area (Å²) in [6, 6.07) is 7.06. The quantitative estimate of drug-likeness (QED) is 0.510. The maximum Gasteiger partial charge on any atom is 0.264 e. The highest BCUT2D eigenvalue weighted by Crippen LogP contribution is 2.37. The summed E-state index contributed by atoms with van der Waals surface area (Å²) in [6.07, 6.45) is 1.84. The minimum atomic E-state index is -4.30. The molecule has 6 nitrogen and oxygen atoms in total. The molecule has 0 radical (unpaired) electrons. The third kappa shape index (κ3) is 5.20. The average molecular weight is 486 g/mol. The van der Waals surface area contributed by atoms with Gasteiger partial charge in [0.15, 0.2) is 0 Å². The third-order valence-electron chi connectivity index (χ3n) is 4.44. The summed E-state index contributed by atoms with van der Waals surface area (Å²) in [5.74, 6) is -2.17. The summed E-state index contributed by atoms with van der Waals surface area (Å²) in [7, 11) is -4.30. The number of aryl methyl sites for hydroxylation is 1. The summed E-state index contributed by atoms with van der Waals surface area (Å²) in [5.41, 5.74) is 4.72. The van der Waals surface area contributed by atoms with Crippen LogP contribution in [-0.2, 0) is 21.2 Å². The second-order valence-corrected chi connectivity index (χ2v) is 10.0. The first kappa shape index (κ1) is 23.1. The molecule has 11 heteroatoms. The molecule has 3 rings (SSSR count). The van der Waals surface area contributed by atoms with Gasteiger partial charge in [-0.1, -0.05) is 11.6 Å². The number of carbonyl (C=O) groups is 1. The summed E-state index contributed by atoms with van der Waals surface area (Å²) < 4.78 is 56.3. The van der Waals surface area contributed by atoms with E-state index in [2.05, 4.69) is 4.98 Å². The SMILES string of the molecule is CC(c1cnc(CCC(N)=O)s1)N(c1cc(F)ccc1F)S(=O)(=O)c1ccc(Cl)cc1. The van der Waals surface area contributed by atoms with Crippen molar-refractivity contribution >= 4 is 44.6 Å². The van der Waals surface area contributed by atoms with E-state index in [1.807, 2.05) is 0 Å². The Morgan fingerprint density at radius 2 is 1.90 bits per heavy atom. The lowest BCUT2D eigenvalue weighted by Gasteiger charge is -2.30. The molecule has 1 atom stereocenters. The molecule has 1 amide bonds. The fourth-order valence-corrected chi connectivity index (χ4v) is 5.69. The van der Waals surface area contributed by atoms with Gasteiger partial charge >= 0.3 is 0 Å². The van der Waals surface area contributed by atoms with Crippen molar-refractivity contribution in [1.29, 1.82) is 0 Å². The number of primary amides is 1. The first-order valence-corrected chi connectivity index (χ1v) is 11.7. The zero-order valence-electron chi connectivity index (χ0n) is 16.3. The molecule has 164 valence electrons. The van der Waals surface area contributed by atoms with Crippen molar-refractivity contribution in [2.45, 2.75) is 30.7 Å². The lowest BCUT2D eigenvalue weighted by molar-refractivity contribution is -0.117. The molecule has 0 saturated heterocycles. The first-order valence-electron chi connectivity index (χ1n) is 9.07. The second kappa shape index (κ2) is 9.29. The molecule has 0 bridgehead atoms. The molecule has 0 aliphatic heterocycles. The van der Waals surface area contributed by atoms with Crippen molar-refractivity contribution < 1.29 is 22.0 Å². The van der Waals surface area contributed by atoms with Gasteiger partial charge in [0.1, 0.15) is 11.6 Å². The summed E-state index contributed by atoms with van der Waals surface area (Å²) >= 11 is 7.03. The Kier molecular flexibility index (Phi) is 6.93. The molecule has 1 aromatic heterocycles. The third-order valence-corrected chi connectivity index (χ3v) is 7.81. The van der Waals surface area contributed by atoms with Crippen molar-refractivity contribution in [3.63, 3.8) is 0 Å². The lowest BCUT2D eigenvalue weighted by Crippen LogP contribution is -2.34. The smallest absolute Gasteiger partial charge is 0.264 e. The molecule has 1 heterocycles. The fraction of sp³-hybridized carbons (Fsp3) is 0.200. The van der Waals surface area contributed by atoms with Crippen molar-refractivity contribution in [3.8, 4) is 0 Å². The van der Waals surface area contributed by atoms with Crippen LogP contribution in [0.1, 0.15) is 29.3 Å². The molecule has 3 aromatic rings. The van der Waals surface area contributed by atoms with Gasteiger partial charge in [-0.05, 0) is 43.3 Å². The topological polar surface area (TPSA) is 93.4 Å². The van der Waals surface area contributed by atoms with Crippen LogP contribution in [0.3, 0.4) is 0 Å². The highest BCUT2D eigenvalue weighted by molar-refractivity contribution is 7.92. The van der Waals surface area contributed by atoms with E-state index in [1.165, 1.54) is 41.8 Å². The van der Waals surface area contributed by atoms with Crippen LogP contribution in [-0.4, -0.2) is 19.3 Å². The van der Waals surface area contributed by atoms with E-state index >= 15 is 0 Å². The number of sulfonamides is 1. The number of nitrogens with zero attached hydrogens (tertiary/aromatic N) is 2. The highest BCUT2D eigenvalue weighted by atomic mass is 35.5. The minimum absolute atomic E-state index is 0.0899. The van der Waals surface area contributed by atoms with Gasteiger partial charge in [0.05, 0.1) is 21.6 Å². The number of anilines is 1. The Hall–Kier alpha value is -2.56.